The molecule has 142 valence electrons. The number of anilines is 2. The van der Waals surface area contributed by atoms with Crippen LogP contribution in [-0.4, -0.2) is 38.6 Å². The van der Waals surface area contributed by atoms with E-state index in [0.717, 1.165) is 11.1 Å². The molecule has 0 aliphatic carbocycles. The number of nitrogens with two attached hydrogens (primary N) is 1. The van der Waals surface area contributed by atoms with Crippen LogP contribution in [0.2, 0.25) is 0 Å². The lowest BCUT2D eigenvalue weighted by Crippen LogP contribution is -2.23. The average molecular weight is 393 g/mol. The molecule has 0 atom stereocenters. The molecule has 4 aromatic rings. The van der Waals surface area contributed by atoms with Crippen molar-refractivity contribution in [3.63, 3.8) is 0 Å². The third-order valence-electron chi connectivity index (χ3n) is 4.32. The van der Waals surface area contributed by atoms with Crippen LogP contribution in [-0.2, 0) is 6.54 Å². The lowest BCUT2D eigenvalue weighted by Gasteiger charge is -2.12. The zero-order valence-electron chi connectivity index (χ0n) is 15.7. The molecule has 2 N–H and O–H groups in total. The molecule has 9 heteroatoms. The van der Waals surface area contributed by atoms with Crippen molar-refractivity contribution in [1.82, 2.24) is 24.5 Å². The Bertz CT molecular complexity index is 1210. The van der Waals surface area contributed by atoms with Gasteiger partial charge >= 0.3 is 0 Å². The zero-order chi connectivity index (χ0) is 19.8. The van der Waals surface area contributed by atoms with Crippen LogP contribution in [0.1, 0.15) is 11.4 Å². The summed E-state index contributed by atoms with van der Waals surface area (Å²) in [5.74, 6) is 0.971. The fourth-order valence-electron chi connectivity index (χ4n) is 2.87. The van der Waals surface area contributed by atoms with Gasteiger partial charge in [0.15, 0.2) is 5.82 Å². The summed E-state index contributed by atoms with van der Waals surface area (Å²) in [5, 5.41) is 2.57. The maximum absolute atomic E-state index is 13.2. The minimum Gasteiger partial charge on any atom is -0.368 e. The number of aryl methyl sites for hydroxylation is 1. The molecule has 0 fully saturated rings. The Morgan fingerprint density at radius 2 is 1.89 bits per heavy atom. The molecule has 4 rings (SSSR count). The number of nitrogens with zero attached hydrogens (tertiary/aromatic N) is 6. The van der Waals surface area contributed by atoms with E-state index in [0.29, 0.717) is 22.0 Å². The summed E-state index contributed by atoms with van der Waals surface area (Å²) in [6, 6.07) is 8.10. The quantitative estimate of drug-likeness (QED) is 0.567. The van der Waals surface area contributed by atoms with E-state index in [1.165, 1.54) is 27.8 Å². The van der Waals surface area contributed by atoms with Crippen LogP contribution in [0.25, 0.3) is 21.3 Å². The molecule has 0 aliphatic heterocycles. The summed E-state index contributed by atoms with van der Waals surface area (Å²) in [6.07, 6.45) is 1.52. The molecule has 0 saturated carbocycles. The minimum atomic E-state index is -0.132. The van der Waals surface area contributed by atoms with Crippen LogP contribution < -0.4 is 16.2 Å². The molecule has 0 saturated heterocycles. The van der Waals surface area contributed by atoms with Crippen LogP contribution in [0.15, 0.2) is 40.8 Å². The first kappa shape index (κ1) is 18.1. The van der Waals surface area contributed by atoms with Gasteiger partial charge in [0.05, 0.1) is 18.3 Å². The van der Waals surface area contributed by atoms with Gasteiger partial charge in [-0.15, -0.1) is 11.3 Å². The average Bonchev–Trinajstić information content (AvgIpc) is 3.09. The Labute approximate surface area is 165 Å². The Morgan fingerprint density at radius 1 is 1.14 bits per heavy atom. The molecule has 3 heterocycles. The molecule has 0 unspecified atom stereocenters. The SMILES string of the molecule is Cc1ccc(-c2csc3ncn(Cc4nc(N)nc(N(C)C)n4)c(=O)c23)cc1. The predicted molar refractivity (Wildman–Crippen MR) is 112 cm³/mol. The van der Waals surface area contributed by atoms with Gasteiger partial charge in [-0.3, -0.25) is 9.36 Å². The van der Waals surface area contributed by atoms with E-state index in [1.54, 1.807) is 4.90 Å². The van der Waals surface area contributed by atoms with Gasteiger partial charge in [-0.1, -0.05) is 29.8 Å². The van der Waals surface area contributed by atoms with Gasteiger partial charge in [0.2, 0.25) is 11.9 Å². The minimum absolute atomic E-state index is 0.117. The Hall–Kier alpha value is -3.33. The van der Waals surface area contributed by atoms with Crippen molar-refractivity contribution in [3.05, 3.63) is 57.7 Å². The molecule has 0 aliphatic rings. The molecular weight excluding hydrogens is 374 g/mol. The normalized spacial score (nSPS) is 11.1. The van der Waals surface area contributed by atoms with E-state index in [4.69, 9.17) is 5.73 Å². The number of benzene rings is 1. The molecule has 0 spiro atoms. The number of thiophene rings is 1. The largest absolute Gasteiger partial charge is 0.368 e. The van der Waals surface area contributed by atoms with Crippen molar-refractivity contribution in [1.29, 1.82) is 0 Å². The number of fused-ring (bicyclic) bond motifs is 1. The summed E-state index contributed by atoms with van der Waals surface area (Å²) >= 11 is 1.46. The monoisotopic (exact) mass is 393 g/mol. The molecule has 0 bridgehead atoms. The highest BCUT2D eigenvalue weighted by atomic mass is 32.1. The summed E-state index contributed by atoms with van der Waals surface area (Å²) in [6.45, 7) is 2.20. The first-order valence-electron chi connectivity index (χ1n) is 8.64. The second kappa shape index (κ2) is 7.01. The first-order valence-corrected chi connectivity index (χ1v) is 9.52. The molecule has 0 radical (unpaired) electrons. The number of hydrogen-bond donors (Lipinski definition) is 1. The molecule has 28 heavy (non-hydrogen) atoms. The molecule has 3 aromatic heterocycles. The fourth-order valence-corrected chi connectivity index (χ4v) is 3.78. The lowest BCUT2D eigenvalue weighted by atomic mass is 10.1. The van der Waals surface area contributed by atoms with E-state index >= 15 is 0 Å². The zero-order valence-corrected chi connectivity index (χ0v) is 16.6. The standard InChI is InChI=1S/C19H19N7OS/c1-11-4-6-12(7-5-11)13-9-28-16-15(13)17(27)26(10-21-16)8-14-22-18(20)24-19(23-14)25(2)3/h4-7,9-10H,8H2,1-3H3,(H2,20,22,23,24). The molecule has 8 nitrogen and oxygen atoms in total. The van der Waals surface area contributed by atoms with E-state index < -0.39 is 0 Å². The van der Waals surface area contributed by atoms with Crippen LogP contribution in [0.4, 0.5) is 11.9 Å². The summed E-state index contributed by atoms with van der Waals surface area (Å²) in [5.41, 5.74) is 8.70. The predicted octanol–water partition coefficient (Wildman–Crippen LogP) is 2.31. The maximum Gasteiger partial charge on any atom is 0.263 e. The van der Waals surface area contributed by atoms with Crippen molar-refractivity contribution < 1.29 is 0 Å². The second-order valence-corrected chi connectivity index (χ2v) is 7.54. The van der Waals surface area contributed by atoms with Gasteiger partial charge in [0, 0.05) is 25.0 Å². The highest BCUT2D eigenvalue weighted by Crippen LogP contribution is 2.30. The third-order valence-corrected chi connectivity index (χ3v) is 5.21. The Balaban J connectivity index is 1.79. The summed E-state index contributed by atoms with van der Waals surface area (Å²) < 4.78 is 1.50. The van der Waals surface area contributed by atoms with Crippen LogP contribution in [0, 0.1) is 6.92 Å². The van der Waals surface area contributed by atoms with Gasteiger partial charge in [0.25, 0.3) is 5.56 Å². The first-order chi connectivity index (χ1) is 13.4. The van der Waals surface area contributed by atoms with Gasteiger partial charge in [0.1, 0.15) is 4.83 Å². The van der Waals surface area contributed by atoms with Crippen molar-refractivity contribution in [3.8, 4) is 11.1 Å². The molecule has 1 aromatic carbocycles. The van der Waals surface area contributed by atoms with Crippen molar-refractivity contribution in [2.24, 2.45) is 0 Å². The maximum atomic E-state index is 13.2. The number of rotatable bonds is 4. The van der Waals surface area contributed by atoms with Gasteiger partial charge in [-0.25, -0.2) is 4.98 Å². The Morgan fingerprint density at radius 3 is 2.61 bits per heavy atom. The van der Waals surface area contributed by atoms with E-state index in [9.17, 15) is 4.79 Å². The number of nitrogen functional groups attached to an aromatic ring is 1. The Kier molecular flexibility index (Phi) is 4.52. The topological polar surface area (TPSA) is 103 Å². The highest BCUT2D eigenvalue weighted by Gasteiger charge is 2.15. The van der Waals surface area contributed by atoms with E-state index in [-0.39, 0.29) is 18.1 Å². The smallest absolute Gasteiger partial charge is 0.263 e. The second-order valence-electron chi connectivity index (χ2n) is 6.68. The van der Waals surface area contributed by atoms with Gasteiger partial charge in [-0.2, -0.15) is 15.0 Å². The number of aromatic nitrogens is 5. The van der Waals surface area contributed by atoms with Crippen molar-refractivity contribution >= 4 is 33.5 Å². The summed E-state index contributed by atoms with van der Waals surface area (Å²) in [7, 11) is 3.63. The summed E-state index contributed by atoms with van der Waals surface area (Å²) in [4.78, 5) is 32.7. The van der Waals surface area contributed by atoms with Crippen molar-refractivity contribution in [2.45, 2.75) is 13.5 Å². The van der Waals surface area contributed by atoms with Gasteiger partial charge < -0.3 is 10.6 Å². The molecular formula is C19H19N7OS. The fraction of sp³-hybridized carbons (Fsp3) is 0.211. The third kappa shape index (κ3) is 3.31. The molecule has 0 amide bonds. The lowest BCUT2D eigenvalue weighted by molar-refractivity contribution is 0.701. The van der Waals surface area contributed by atoms with Gasteiger partial charge in [-0.05, 0) is 12.5 Å². The highest BCUT2D eigenvalue weighted by molar-refractivity contribution is 7.17. The van der Waals surface area contributed by atoms with Crippen LogP contribution >= 0.6 is 11.3 Å². The van der Waals surface area contributed by atoms with E-state index in [2.05, 4.69) is 19.9 Å². The number of hydrogen-bond acceptors (Lipinski definition) is 8. The van der Waals surface area contributed by atoms with Crippen LogP contribution in [0.5, 0.6) is 0 Å². The van der Waals surface area contributed by atoms with Crippen molar-refractivity contribution in [2.75, 3.05) is 24.7 Å². The van der Waals surface area contributed by atoms with E-state index in [1.807, 2.05) is 50.7 Å². The van der Waals surface area contributed by atoms with Crippen LogP contribution in [0.3, 0.4) is 0 Å².